The topological polar surface area (TPSA) is 71.3 Å². The summed E-state index contributed by atoms with van der Waals surface area (Å²) < 4.78 is 11.3. The second-order valence-electron chi connectivity index (χ2n) is 6.36. The second-order valence-corrected chi connectivity index (χ2v) is 6.36. The average Bonchev–Trinajstić information content (AvgIpc) is 2.75. The number of anilines is 1. The van der Waals surface area contributed by atoms with Gasteiger partial charge in [0.2, 0.25) is 0 Å². The second kappa shape index (κ2) is 9.95. The molecule has 1 N–H and O–H groups in total. The molecule has 146 valence electrons. The Hall–Kier alpha value is -3.78. The Morgan fingerprint density at radius 1 is 0.966 bits per heavy atom. The molecule has 1 amide bonds. The van der Waals surface area contributed by atoms with Crippen LogP contribution in [0.5, 0.6) is 11.5 Å². The number of nitriles is 1. The molecule has 0 bridgehead atoms. The van der Waals surface area contributed by atoms with Crippen LogP contribution in [-0.4, -0.2) is 19.1 Å². The highest BCUT2D eigenvalue weighted by atomic mass is 16.5. The Labute approximate surface area is 170 Å². The first-order valence-electron chi connectivity index (χ1n) is 9.41. The third-order valence-electron chi connectivity index (χ3n) is 4.25. The minimum atomic E-state index is -0.324. The molecular formula is C24H22N2O3. The highest BCUT2D eigenvalue weighted by Crippen LogP contribution is 2.26. The number of nitrogens with zero attached hydrogens (tertiary/aromatic N) is 1. The molecule has 0 unspecified atom stereocenters. The molecule has 3 rings (SSSR count). The Balaban J connectivity index is 1.67. The largest absolute Gasteiger partial charge is 0.492 e. The van der Waals surface area contributed by atoms with E-state index >= 15 is 0 Å². The average molecular weight is 386 g/mol. The summed E-state index contributed by atoms with van der Waals surface area (Å²) in [6.45, 7) is 2.17. The zero-order valence-electron chi connectivity index (χ0n) is 16.2. The molecule has 5 heteroatoms. The molecule has 0 aliphatic rings. The van der Waals surface area contributed by atoms with Crippen molar-refractivity contribution in [3.8, 4) is 17.6 Å². The van der Waals surface area contributed by atoms with E-state index in [2.05, 4.69) is 23.5 Å². The van der Waals surface area contributed by atoms with Gasteiger partial charge < -0.3 is 14.8 Å². The van der Waals surface area contributed by atoms with E-state index in [1.807, 2.05) is 49.4 Å². The van der Waals surface area contributed by atoms with Crippen LogP contribution in [0.1, 0.15) is 23.6 Å². The molecule has 0 atom stereocenters. The van der Waals surface area contributed by atoms with E-state index in [-0.39, 0.29) is 12.5 Å². The summed E-state index contributed by atoms with van der Waals surface area (Å²) in [5, 5.41) is 11.9. The summed E-state index contributed by atoms with van der Waals surface area (Å²) in [6, 6.07) is 24.7. The number of amides is 1. The maximum atomic E-state index is 12.4. The van der Waals surface area contributed by atoms with Crippen LogP contribution in [0.15, 0.2) is 72.8 Å². The van der Waals surface area contributed by atoms with E-state index in [1.165, 1.54) is 5.56 Å². The normalized spacial score (nSPS) is 10.1. The highest BCUT2D eigenvalue weighted by Gasteiger charge is 2.11. The maximum absolute atomic E-state index is 12.4. The number of hydrogen-bond donors (Lipinski definition) is 1. The number of ether oxygens (including phenoxy) is 2. The van der Waals surface area contributed by atoms with Crippen molar-refractivity contribution in [3.05, 3.63) is 89.5 Å². The van der Waals surface area contributed by atoms with Gasteiger partial charge >= 0.3 is 0 Å². The molecule has 0 radical (unpaired) electrons. The summed E-state index contributed by atoms with van der Waals surface area (Å²) in [5.74, 6) is 0.863. The van der Waals surface area contributed by atoms with Gasteiger partial charge in [0.1, 0.15) is 11.5 Å². The molecular weight excluding hydrogens is 364 g/mol. The number of rotatable bonds is 8. The van der Waals surface area contributed by atoms with Crippen molar-refractivity contribution in [2.45, 2.75) is 13.3 Å². The lowest BCUT2D eigenvalue weighted by Crippen LogP contribution is -2.21. The first-order valence-corrected chi connectivity index (χ1v) is 9.41. The van der Waals surface area contributed by atoms with Gasteiger partial charge in [-0.3, -0.25) is 4.79 Å². The predicted octanol–water partition coefficient (Wildman–Crippen LogP) is 4.57. The Kier molecular flexibility index (Phi) is 6.85. The molecule has 0 saturated heterocycles. The number of benzene rings is 3. The van der Waals surface area contributed by atoms with Crippen molar-refractivity contribution < 1.29 is 14.3 Å². The number of carbonyl (C=O) groups is 1. The minimum absolute atomic E-state index is 0.145. The Morgan fingerprint density at radius 2 is 1.72 bits per heavy atom. The first-order chi connectivity index (χ1) is 14.2. The fourth-order valence-electron chi connectivity index (χ4n) is 2.91. The molecule has 0 heterocycles. The van der Waals surface area contributed by atoms with Gasteiger partial charge in [0, 0.05) is 6.42 Å². The third kappa shape index (κ3) is 5.60. The maximum Gasteiger partial charge on any atom is 0.262 e. The summed E-state index contributed by atoms with van der Waals surface area (Å²) in [5.41, 5.74) is 3.07. The van der Waals surface area contributed by atoms with Crippen LogP contribution in [0.2, 0.25) is 0 Å². The van der Waals surface area contributed by atoms with Crippen LogP contribution >= 0.6 is 0 Å². The molecule has 3 aromatic carbocycles. The smallest absolute Gasteiger partial charge is 0.262 e. The van der Waals surface area contributed by atoms with E-state index in [0.29, 0.717) is 29.4 Å². The van der Waals surface area contributed by atoms with Crippen LogP contribution in [0, 0.1) is 11.3 Å². The summed E-state index contributed by atoms with van der Waals surface area (Å²) in [7, 11) is 0. The van der Waals surface area contributed by atoms with E-state index < -0.39 is 0 Å². The van der Waals surface area contributed by atoms with E-state index in [1.54, 1.807) is 18.2 Å². The van der Waals surface area contributed by atoms with E-state index in [0.717, 1.165) is 12.0 Å². The number of para-hydroxylation sites is 1. The minimum Gasteiger partial charge on any atom is -0.492 e. The van der Waals surface area contributed by atoms with Crippen LogP contribution in [0.4, 0.5) is 5.69 Å². The monoisotopic (exact) mass is 386 g/mol. The fourth-order valence-corrected chi connectivity index (χ4v) is 2.91. The molecule has 0 aliphatic carbocycles. The van der Waals surface area contributed by atoms with Crippen LogP contribution in [-0.2, 0) is 11.2 Å². The molecule has 0 spiro atoms. The molecule has 0 aromatic heterocycles. The highest BCUT2D eigenvalue weighted by molar-refractivity contribution is 5.93. The van der Waals surface area contributed by atoms with Gasteiger partial charge in [-0.1, -0.05) is 48.5 Å². The number of hydrogen-bond acceptors (Lipinski definition) is 4. The van der Waals surface area contributed by atoms with Gasteiger partial charge in [0.05, 0.1) is 23.9 Å². The van der Waals surface area contributed by atoms with Crippen LogP contribution in [0.3, 0.4) is 0 Å². The number of nitrogens with one attached hydrogen (secondary N) is 1. The van der Waals surface area contributed by atoms with Gasteiger partial charge in [-0.15, -0.1) is 0 Å². The van der Waals surface area contributed by atoms with Crippen molar-refractivity contribution in [1.29, 1.82) is 5.26 Å². The van der Waals surface area contributed by atoms with Crippen LogP contribution in [0.25, 0.3) is 0 Å². The van der Waals surface area contributed by atoms with E-state index in [9.17, 15) is 4.79 Å². The van der Waals surface area contributed by atoms with Crippen molar-refractivity contribution in [1.82, 2.24) is 0 Å². The zero-order valence-corrected chi connectivity index (χ0v) is 16.2. The fraction of sp³-hybridized carbons (Fsp3) is 0.167. The van der Waals surface area contributed by atoms with Gasteiger partial charge in [0.15, 0.2) is 6.61 Å². The molecule has 3 aromatic rings. The molecule has 5 nitrogen and oxygen atoms in total. The van der Waals surface area contributed by atoms with E-state index in [4.69, 9.17) is 14.7 Å². The van der Waals surface area contributed by atoms with Gasteiger partial charge in [-0.2, -0.15) is 5.26 Å². The van der Waals surface area contributed by atoms with Gasteiger partial charge in [-0.25, -0.2) is 0 Å². The van der Waals surface area contributed by atoms with Gasteiger partial charge in [-0.05, 0) is 42.3 Å². The third-order valence-corrected chi connectivity index (χ3v) is 4.25. The Bertz CT molecular complexity index is 1010. The summed E-state index contributed by atoms with van der Waals surface area (Å²) in [6.07, 6.45) is 0.720. The zero-order chi connectivity index (χ0) is 20.5. The molecule has 0 aliphatic heterocycles. The quantitative estimate of drug-likeness (QED) is 0.616. The summed E-state index contributed by atoms with van der Waals surface area (Å²) in [4.78, 5) is 12.4. The van der Waals surface area contributed by atoms with Crippen LogP contribution < -0.4 is 14.8 Å². The van der Waals surface area contributed by atoms with Crippen molar-refractivity contribution >= 4 is 11.6 Å². The van der Waals surface area contributed by atoms with Crippen molar-refractivity contribution in [3.63, 3.8) is 0 Å². The first kappa shape index (κ1) is 20.0. The molecule has 0 fully saturated rings. The lowest BCUT2D eigenvalue weighted by atomic mass is 10.0. The number of carbonyl (C=O) groups excluding carboxylic acids is 1. The molecule has 0 saturated carbocycles. The molecule has 29 heavy (non-hydrogen) atoms. The van der Waals surface area contributed by atoms with Crippen molar-refractivity contribution in [2.75, 3.05) is 18.5 Å². The Morgan fingerprint density at radius 3 is 2.48 bits per heavy atom. The van der Waals surface area contributed by atoms with Gasteiger partial charge in [0.25, 0.3) is 5.91 Å². The lowest BCUT2D eigenvalue weighted by Gasteiger charge is -2.14. The summed E-state index contributed by atoms with van der Waals surface area (Å²) >= 11 is 0. The lowest BCUT2D eigenvalue weighted by molar-refractivity contribution is -0.118. The SMILES string of the molecule is CCOc1ccc(C#N)cc1NC(=O)COc1ccccc1Cc1ccccc1. The standard InChI is InChI=1S/C24H22N2O3/c1-2-28-23-13-12-19(16-25)15-21(23)26-24(27)17-29-22-11-7-6-10-20(22)14-18-8-4-3-5-9-18/h3-13,15H,2,14,17H2,1H3,(H,26,27). The predicted molar refractivity (Wildman–Crippen MR) is 112 cm³/mol. The van der Waals surface area contributed by atoms with Crippen molar-refractivity contribution in [2.24, 2.45) is 0 Å².